The molecule has 10 heteroatoms. The Labute approximate surface area is 193 Å². The van der Waals surface area contributed by atoms with Gasteiger partial charge in [0, 0.05) is 65.1 Å². The highest BCUT2D eigenvalue weighted by Gasteiger charge is 2.46. The molecule has 2 saturated heterocycles. The Morgan fingerprint density at radius 3 is 2.39 bits per heavy atom. The number of benzene rings is 2. The molecule has 1 N–H and O–H groups in total. The van der Waals surface area contributed by atoms with Crippen molar-refractivity contribution in [2.75, 3.05) is 39.3 Å². The third kappa shape index (κ3) is 4.74. The first kappa shape index (κ1) is 22.3. The number of amides is 1. The predicted octanol–water partition coefficient (Wildman–Crippen LogP) is 1.90. The summed E-state index contributed by atoms with van der Waals surface area (Å²) in [6.45, 7) is 4.02. The second-order valence-electron chi connectivity index (χ2n) is 9.12. The van der Waals surface area contributed by atoms with Crippen molar-refractivity contribution in [3.05, 3.63) is 48.0 Å². The molecule has 0 aromatic heterocycles. The van der Waals surface area contributed by atoms with Crippen molar-refractivity contribution in [3.8, 4) is 0 Å². The quantitative estimate of drug-likeness (QED) is 0.682. The van der Waals surface area contributed by atoms with Crippen LogP contribution in [0, 0.1) is 0 Å². The van der Waals surface area contributed by atoms with Gasteiger partial charge in [-0.1, -0.05) is 41.6 Å². The number of piperazine rings is 1. The standard InChI is InChI=1S/C23H28N4O5S/c28-22(21-16-23(32-24-21)7-9-27(10-8-23)33(29,30)31)26-13-11-25(12-14-26)17-18-5-6-19-3-1-2-4-20(19)15-18/h1-6,15H,7-14,16-17H2,(H,29,30,31). The summed E-state index contributed by atoms with van der Waals surface area (Å²) in [5.74, 6) is -0.102. The number of rotatable bonds is 4. The molecule has 0 saturated carbocycles. The molecule has 1 spiro atoms. The van der Waals surface area contributed by atoms with E-state index in [4.69, 9.17) is 4.84 Å². The van der Waals surface area contributed by atoms with E-state index < -0.39 is 15.9 Å². The molecule has 3 aliphatic rings. The SMILES string of the molecule is O=C(C1=NOC2(CCN(S(=O)(=O)O)CC2)C1)N1CCN(Cc2ccc3ccccc3c2)CC1. The van der Waals surface area contributed by atoms with Crippen molar-refractivity contribution in [2.45, 2.75) is 31.4 Å². The summed E-state index contributed by atoms with van der Waals surface area (Å²) in [5.41, 5.74) is 1.02. The van der Waals surface area contributed by atoms with E-state index in [9.17, 15) is 17.8 Å². The van der Waals surface area contributed by atoms with Crippen molar-refractivity contribution in [1.82, 2.24) is 14.1 Å². The van der Waals surface area contributed by atoms with E-state index in [1.165, 1.54) is 16.3 Å². The lowest BCUT2D eigenvalue weighted by atomic mass is 9.87. The number of carbonyl (C=O) groups is 1. The minimum absolute atomic E-state index is 0.102. The van der Waals surface area contributed by atoms with E-state index in [1.807, 2.05) is 17.0 Å². The third-order valence-electron chi connectivity index (χ3n) is 6.93. The van der Waals surface area contributed by atoms with Crippen molar-refractivity contribution in [2.24, 2.45) is 5.16 Å². The molecule has 2 aromatic carbocycles. The highest BCUT2D eigenvalue weighted by molar-refractivity contribution is 7.83. The zero-order chi connectivity index (χ0) is 23.1. The smallest absolute Gasteiger partial charge is 0.335 e. The van der Waals surface area contributed by atoms with E-state index >= 15 is 0 Å². The normalized spacial score (nSPS) is 21.8. The van der Waals surface area contributed by atoms with E-state index in [0.717, 1.165) is 23.9 Å². The third-order valence-corrected chi connectivity index (χ3v) is 7.94. The Hall–Kier alpha value is -2.53. The van der Waals surface area contributed by atoms with Crippen LogP contribution in [0.5, 0.6) is 0 Å². The van der Waals surface area contributed by atoms with E-state index in [0.29, 0.717) is 38.1 Å². The molecule has 176 valence electrons. The van der Waals surface area contributed by atoms with Gasteiger partial charge in [0.2, 0.25) is 0 Å². The zero-order valence-electron chi connectivity index (χ0n) is 18.4. The molecule has 0 unspecified atom stereocenters. The van der Waals surface area contributed by atoms with E-state index in [2.05, 4.69) is 40.4 Å². The van der Waals surface area contributed by atoms with Gasteiger partial charge in [0.25, 0.3) is 5.91 Å². The molecule has 33 heavy (non-hydrogen) atoms. The molecule has 9 nitrogen and oxygen atoms in total. The van der Waals surface area contributed by atoms with Crippen molar-refractivity contribution < 1.29 is 22.6 Å². The minimum Gasteiger partial charge on any atom is -0.388 e. The lowest BCUT2D eigenvalue weighted by molar-refractivity contribution is -0.126. The molecule has 3 heterocycles. The van der Waals surface area contributed by atoms with Gasteiger partial charge in [-0.2, -0.15) is 12.7 Å². The van der Waals surface area contributed by atoms with Gasteiger partial charge in [-0.05, 0) is 22.4 Å². The molecule has 0 bridgehead atoms. The molecule has 5 rings (SSSR count). The van der Waals surface area contributed by atoms with Gasteiger partial charge in [-0.15, -0.1) is 0 Å². The molecular weight excluding hydrogens is 444 g/mol. The number of fused-ring (bicyclic) bond motifs is 1. The Balaban J connectivity index is 1.13. The average Bonchev–Trinajstić information content (AvgIpc) is 3.22. The average molecular weight is 473 g/mol. The lowest BCUT2D eigenvalue weighted by Crippen LogP contribution is -2.51. The first-order valence-corrected chi connectivity index (χ1v) is 12.7. The molecule has 1 amide bonds. The number of nitrogens with zero attached hydrogens (tertiary/aromatic N) is 4. The molecular formula is C23H28N4O5S. The van der Waals surface area contributed by atoms with Gasteiger partial charge >= 0.3 is 10.3 Å². The van der Waals surface area contributed by atoms with Crippen molar-refractivity contribution >= 4 is 32.7 Å². The van der Waals surface area contributed by atoms with E-state index in [-0.39, 0.29) is 19.0 Å². The monoisotopic (exact) mass is 472 g/mol. The summed E-state index contributed by atoms with van der Waals surface area (Å²) >= 11 is 0. The molecule has 3 aliphatic heterocycles. The van der Waals surface area contributed by atoms with Crippen LogP contribution in [0.3, 0.4) is 0 Å². The van der Waals surface area contributed by atoms with Crippen LogP contribution >= 0.6 is 0 Å². The summed E-state index contributed by atoms with van der Waals surface area (Å²) < 4.78 is 32.9. The van der Waals surface area contributed by atoms with Crippen LogP contribution in [-0.4, -0.2) is 83.6 Å². The first-order valence-electron chi connectivity index (χ1n) is 11.3. The fourth-order valence-electron chi connectivity index (χ4n) is 4.92. The maximum Gasteiger partial charge on any atom is 0.335 e. The van der Waals surface area contributed by atoms with E-state index in [1.54, 1.807) is 0 Å². The van der Waals surface area contributed by atoms with Crippen LogP contribution in [0.15, 0.2) is 47.6 Å². The van der Waals surface area contributed by atoms with Gasteiger partial charge in [-0.3, -0.25) is 14.2 Å². The Morgan fingerprint density at radius 1 is 1.00 bits per heavy atom. The Kier molecular flexibility index (Phi) is 5.86. The summed E-state index contributed by atoms with van der Waals surface area (Å²) in [5, 5.41) is 6.54. The Bertz CT molecular complexity index is 1180. The summed E-state index contributed by atoms with van der Waals surface area (Å²) in [6, 6.07) is 14.9. The maximum absolute atomic E-state index is 13.0. The van der Waals surface area contributed by atoms with Crippen LogP contribution in [0.1, 0.15) is 24.8 Å². The topological polar surface area (TPSA) is 103 Å². The van der Waals surface area contributed by atoms with Gasteiger partial charge in [-0.25, -0.2) is 0 Å². The molecule has 0 radical (unpaired) electrons. The second kappa shape index (κ2) is 8.68. The molecule has 2 fully saturated rings. The number of hydrogen-bond acceptors (Lipinski definition) is 6. The predicted molar refractivity (Wildman–Crippen MR) is 124 cm³/mol. The maximum atomic E-state index is 13.0. The first-order chi connectivity index (χ1) is 15.8. The summed E-state index contributed by atoms with van der Waals surface area (Å²) in [7, 11) is -4.20. The van der Waals surface area contributed by atoms with Gasteiger partial charge < -0.3 is 9.74 Å². The Morgan fingerprint density at radius 2 is 1.70 bits per heavy atom. The fraction of sp³-hybridized carbons (Fsp3) is 0.478. The second-order valence-corrected chi connectivity index (χ2v) is 10.5. The molecule has 2 aromatic rings. The number of piperidine rings is 1. The van der Waals surface area contributed by atoms with Gasteiger partial charge in [0.05, 0.1) is 0 Å². The number of carbonyl (C=O) groups excluding carboxylic acids is 1. The van der Waals surface area contributed by atoms with Gasteiger partial charge in [0.15, 0.2) is 0 Å². The fourth-order valence-corrected chi connectivity index (χ4v) is 5.56. The summed E-state index contributed by atoms with van der Waals surface area (Å²) in [4.78, 5) is 22.8. The lowest BCUT2D eigenvalue weighted by Gasteiger charge is -2.36. The summed E-state index contributed by atoms with van der Waals surface area (Å²) in [6.07, 6.45) is 1.17. The van der Waals surface area contributed by atoms with Crippen LogP contribution in [-0.2, 0) is 26.5 Å². The van der Waals surface area contributed by atoms with Crippen molar-refractivity contribution in [1.29, 1.82) is 0 Å². The van der Waals surface area contributed by atoms with Crippen molar-refractivity contribution in [3.63, 3.8) is 0 Å². The van der Waals surface area contributed by atoms with Gasteiger partial charge in [0.1, 0.15) is 11.3 Å². The van der Waals surface area contributed by atoms with Crippen LogP contribution < -0.4 is 0 Å². The van der Waals surface area contributed by atoms with Crippen LogP contribution in [0.2, 0.25) is 0 Å². The highest BCUT2D eigenvalue weighted by Crippen LogP contribution is 2.35. The minimum atomic E-state index is -4.20. The van der Waals surface area contributed by atoms with Crippen LogP contribution in [0.4, 0.5) is 0 Å². The highest BCUT2D eigenvalue weighted by atomic mass is 32.2. The number of oxime groups is 1. The molecule has 0 atom stereocenters. The van der Waals surface area contributed by atoms with Crippen LogP contribution in [0.25, 0.3) is 10.8 Å². The zero-order valence-corrected chi connectivity index (χ0v) is 19.2. The molecule has 0 aliphatic carbocycles. The number of hydrogen-bond donors (Lipinski definition) is 1. The largest absolute Gasteiger partial charge is 0.388 e.